The van der Waals surface area contributed by atoms with Crippen molar-refractivity contribution >= 4 is 16.5 Å². The van der Waals surface area contributed by atoms with Crippen molar-refractivity contribution in [3.63, 3.8) is 0 Å². The summed E-state index contributed by atoms with van der Waals surface area (Å²) in [6.07, 6.45) is 1.92. The number of hydrogen-bond donors (Lipinski definition) is 0. The number of morpholine rings is 1. The molecule has 1 aliphatic heterocycles. The summed E-state index contributed by atoms with van der Waals surface area (Å²) >= 11 is 1.70. The van der Waals surface area contributed by atoms with Gasteiger partial charge in [-0.15, -0.1) is 0 Å². The molecule has 0 saturated carbocycles. The molecule has 0 radical (unpaired) electrons. The highest BCUT2D eigenvalue weighted by Crippen LogP contribution is 2.33. The van der Waals surface area contributed by atoms with Crippen LogP contribution < -0.4 is 9.64 Å². The van der Waals surface area contributed by atoms with Crippen LogP contribution in [0, 0.1) is 6.92 Å². The standard InChI is InChI=1S/C24H28N2O2S/c1-18-4-6-19(7-5-18)24(2,3)20-8-10-21(11-9-20)28-17-22-16-25-23(29-22)26-12-14-27-15-13-26/h4-11,16H,12-15,17H2,1-3H3. The molecule has 4 nitrogen and oxygen atoms in total. The van der Waals surface area contributed by atoms with E-state index in [0.717, 1.165) is 42.1 Å². The molecule has 0 bridgehead atoms. The first-order valence-corrected chi connectivity index (χ1v) is 10.9. The predicted octanol–water partition coefficient (Wildman–Crippen LogP) is 5.19. The van der Waals surface area contributed by atoms with Gasteiger partial charge in [0.2, 0.25) is 0 Å². The molecule has 0 aliphatic carbocycles. The first-order valence-electron chi connectivity index (χ1n) is 10.1. The number of benzene rings is 2. The minimum atomic E-state index is -0.0447. The van der Waals surface area contributed by atoms with Crippen LogP contribution in [0.25, 0.3) is 0 Å². The molecule has 1 aromatic heterocycles. The van der Waals surface area contributed by atoms with Crippen molar-refractivity contribution in [2.75, 3.05) is 31.2 Å². The van der Waals surface area contributed by atoms with E-state index in [1.807, 2.05) is 6.20 Å². The quantitative estimate of drug-likeness (QED) is 0.562. The van der Waals surface area contributed by atoms with Crippen LogP contribution in [0.1, 0.15) is 35.4 Å². The maximum Gasteiger partial charge on any atom is 0.185 e. The van der Waals surface area contributed by atoms with Crippen LogP contribution >= 0.6 is 11.3 Å². The minimum absolute atomic E-state index is 0.0447. The molecule has 1 saturated heterocycles. The van der Waals surface area contributed by atoms with Gasteiger partial charge in [-0.05, 0) is 30.2 Å². The maximum absolute atomic E-state index is 6.01. The number of rotatable bonds is 6. The van der Waals surface area contributed by atoms with E-state index in [4.69, 9.17) is 9.47 Å². The molecule has 0 amide bonds. The first kappa shape index (κ1) is 19.9. The van der Waals surface area contributed by atoms with Gasteiger partial charge in [-0.2, -0.15) is 0 Å². The fraction of sp³-hybridized carbons (Fsp3) is 0.375. The molecule has 0 N–H and O–H groups in total. The van der Waals surface area contributed by atoms with Crippen molar-refractivity contribution in [2.24, 2.45) is 0 Å². The molecule has 0 atom stereocenters. The van der Waals surface area contributed by atoms with Crippen molar-refractivity contribution in [3.8, 4) is 5.75 Å². The molecule has 4 rings (SSSR count). The van der Waals surface area contributed by atoms with Crippen LogP contribution in [0.5, 0.6) is 5.75 Å². The maximum atomic E-state index is 6.01. The lowest BCUT2D eigenvalue weighted by atomic mass is 9.78. The van der Waals surface area contributed by atoms with Gasteiger partial charge in [-0.3, -0.25) is 0 Å². The molecule has 0 unspecified atom stereocenters. The second-order valence-electron chi connectivity index (χ2n) is 8.01. The molecule has 2 aromatic carbocycles. The van der Waals surface area contributed by atoms with Gasteiger partial charge < -0.3 is 14.4 Å². The molecular weight excluding hydrogens is 380 g/mol. The topological polar surface area (TPSA) is 34.6 Å². The lowest BCUT2D eigenvalue weighted by Crippen LogP contribution is -2.36. The average molecular weight is 409 g/mol. The molecular formula is C24H28N2O2S. The number of aromatic nitrogens is 1. The van der Waals surface area contributed by atoms with Gasteiger partial charge in [-0.25, -0.2) is 4.98 Å². The summed E-state index contributed by atoms with van der Waals surface area (Å²) in [4.78, 5) is 7.96. The molecule has 5 heteroatoms. The summed E-state index contributed by atoms with van der Waals surface area (Å²) in [5.74, 6) is 0.884. The molecule has 1 fully saturated rings. The molecule has 2 heterocycles. The zero-order valence-electron chi connectivity index (χ0n) is 17.4. The zero-order valence-corrected chi connectivity index (χ0v) is 18.2. The number of aryl methyl sites for hydroxylation is 1. The van der Waals surface area contributed by atoms with Crippen LogP contribution in [0.4, 0.5) is 5.13 Å². The highest BCUT2D eigenvalue weighted by atomic mass is 32.1. The Morgan fingerprint density at radius 1 is 1.00 bits per heavy atom. The molecule has 1 aliphatic rings. The fourth-order valence-corrected chi connectivity index (χ4v) is 4.40. The molecule has 0 spiro atoms. The van der Waals surface area contributed by atoms with Gasteiger partial charge in [0.15, 0.2) is 5.13 Å². The first-order chi connectivity index (χ1) is 14.0. The SMILES string of the molecule is Cc1ccc(C(C)(C)c2ccc(OCc3cnc(N4CCOCC4)s3)cc2)cc1. The highest BCUT2D eigenvalue weighted by molar-refractivity contribution is 7.15. The van der Waals surface area contributed by atoms with Crippen LogP contribution in [0.15, 0.2) is 54.7 Å². The smallest absolute Gasteiger partial charge is 0.185 e. The number of nitrogens with zero attached hydrogens (tertiary/aromatic N) is 2. The monoisotopic (exact) mass is 408 g/mol. The van der Waals surface area contributed by atoms with Crippen LogP contribution in [0.3, 0.4) is 0 Å². The largest absolute Gasteiger partial charge is 0.488 e. The summed E-state index contributed by atoms with van der Waals surface area (Å²) in [6, 6.07) is 17.3. The van der Waals surface area contributed by atoms with Gasteiger partial charge in [0.1, 0.15) is 12.4 Å². The third-order valence-electron chi connectivity index (χ3n) is 5.55. The van der Waals surface area contributed by atoms with Crippen molar-refractivity contribution in [1.29, 1.82) is 0 Å². The van der Waals surface area contributed by atoms with Gasteiger partial charge in [0.05, 0.1) is 18.1 Å². The Balaban J connectivity index is 1.38. The van der Waals surface area contributed by atoms with Gasteiger partial charge >= 0.3 is 0 Å². The molecule has 152 valence electrons. The Labute approximate surface area is 177 Å². The van der Waals surface area contributed by atoms with E-state index >= 15 is 0 Å². The van der Waals surface area contributed by atoms with Crippen molar-refractivity contribution < 1.29 is 9.47 Å². The molecule has 3 aromatic rings. The summed E-state index contributed by atoms with van der Waals surface area (Å²) in [6.45, 7) is 10.6. The van der Waals surface area contributed by atoms with Crippen LogP contribution in [0.2, 0.25) is 0 Å². The predicted molar refractivity (Wildman–Crippen MR) is 119 cm³/mol. The van der Waals surface area contributed by atoms with E-state index in [0.29, 0.717) is 6.61 Å². The zero-order chi connectivity index (χ0) is 20.3. The van der Waals surface area contributed by atoms with Gasteiger partial charge in [0, 0.05) is 24.7 Å². The van der Waals surface area contributed by atoms with Crippen molar-refractivity contribution in [2.45, 2.75) is 32.8 Å². The third kappa shape index (κ3) is 4.62. The summed E-state index contributed by atoms with van der Waals surface area (Å²) in [5.41, 5.74) is 3.84. The van der Waals surface area contributed by atoms with E-state index in [9.17, 15) is 0 Å². The highest BCUT2D eigenvalue weighted by Gasteiger charge is 2.23. The van der Waals surface area contributed by atoms with E-state index in [-0.39, 0.29) is 5.41 Å². The third-order valence-corrected chi connectivity index (χ3v) is 6.58. The van der Waals surface area contributed by atoms with E-state index in [2.05, 4.69) is 79.2 Å². The average Bonchev–Trinajstić information content (AvgIpc) is 3.23. The number of ether oxygens (including phenoxy) is 2. The van der Waals surface area contributed by atoms with E-state index in [1.54, 1.807) is 11.3 Å². The van der Waals surface area contributed by atoms with Crippen molar-refractivity contribution in [3.05, 3.63) is 76.3 Å². The Kier molecular flexibility index (Phi) is 5.88. The van der Waals surface area contributed by atoms with Gasteiger partial charge in [-0.1, -0.05) is 67.1 Å². The summed E-state index contributed by atoms with van der Waals surface area (Å²) < 4.78 is 11.4. The fourth-order valence-electron chi connectivity index (χ4n) is 3.52. The summed E-state index contributed by atoms with van der Waals surface area (Å²) in [5, 5.41) is 1.06. The minimum Gasteiger partial charge on any atom is -0.488 e. The number of hydrogen-bond acceptors (Lipinski definition) is 5. The Hall–Kier alpha value is -2.37. The lowest BCUT2D eigenvalue weighted by Gasteiger charge is -2.26. The Morgan fingerprint density at radius 3 is 2.28 bits per heavy atom. The van der Waals surface area contributed by atoms with Crippen LogP contribution in [-0.4, -0.2) is 31.3 Å². The van der Waals surface area contributed by atoms with E-state index in [1.165, 1.54) is 16.7 Å². The molecule has 29 heavy (non-hydrogen) atoms. The van der Waals surface area contributed by atoms with Crippen molar-refractivity contribution in [1.82, 2.24) is 4.98 Å². The van der Waals surface area contributed by atoms with Crippen LogP contribution in [-0.2, 0) is 16.8 Å². The number of thiazole rings is 1. The van der Waals surface area contributed by atoms with Gasteiger partial charge in [0.25, 0.3) is 0 Å². The second kappa shape index (κ2) is 8.56. The lowest BCUT2D eigenvalue weighted by molar-refractivity contribution is 0.122. The normalized spacial score (nSPS) is 14.8. The van der Waals surface area contributed by atoms with E-state index < -0.39 is 0 Å². The number of anilines is 1. The summed E-state index contributed by atoms with van der Waals surface area (Å²) in [7, 11) is 0. The second-order valence-corrected chi connectivity index (χ2v) is 9.11. The Morgan fingerprint density at radius 2 is 1.62 bits per heavy atom. The Bertz CT molecular complexity index is 926.